The van der Waals surface area contributed by atoms with Crippen molar-refractivity contribution in [1.82, 2.24) is 10.3 Å². The molecule has 1 amide bonds. The monoisotopic (exact) mass is 452 g/mol. The Labute approximate surface area is 196 Å². The molecule has 6 heteroatoms. The van der Waals surface area contributed by atoms with Crippen molar-refractivity contribution in [3.63, 3.8) is 0 Å². The molecule has 2 N–H and O–H groups in total. The third kappa shape index (κ3) is 4.23. The van der Waals surface area contributed by atoms with Crippen LogP contribution in [0.25, 0.3) is 10.8 Å². The van der Waals surface area contributed by atoms with Crippen molar-refractivity contribution in [2.45, 2.75) is 5.92 Å². The van der Waals surface area contributed by atoms with Crippen molar-refractivity contribution in [2.24, 2.45) is 5.10 Å². The topological polar surface area (TPSA) is 68.6 Å². The van der Waals surface area contributed by atoms with Crippen LogP contribution >= 0.6 is 11.6 Å². The SMILES string of the molecule is N=C(NC(=O)c1cccc2ccccc12)N1CC(c2ccccc2)C(c2ccc(Cl)cc2)=N1. The average Bonchev–Trinajstić information content (AvgIpc) is 3.30. The molecule has 5 nitrogen and oxygen atoms in total. The Kier molecular flexibility index (Phi) is 5.63. The summed E-state index contributed by atoms with van der Waals surface area (Å²) in [6, 6.07) is 30.9. The first-order valence-electron chi connectivity index (χ1n) is 10.6. The number of hydrazone groups is 1. The Balaban J connectivity index is 1.42. The number of nitrogens with zero attached hydrogens (tertiary/aromatic N) is 2. The van der Waals surface area contributed by atoms with E-state index in [1.54, 1.807) is 11.1 Å². The van der Waals surface area contributed by atoms with E-state index in [9.17, 15) is 4.79 Å². The van der Waals surface area contributed by atoms with Crippen LogP contribution in [-0.2, 0) is 0 Å². The number of fused-ring (bicyclic) bond motifs is 1. The maximum atomic E-state index is 13.0. The van der Waals surface area contributed by atoms with Gasteiger partial charge in [-0.05, 0) is 40.1 Å². The zero-order chi connectivity index (χ0) is 22.8. The van der Waals surface area contributed by atoms with Crippen LogP contribution in [0.4, 0.5) is 0 Å². The molecular formula is C27H21ClN4O. The van der Waals surface area contributed by atoms with Crippen LogP contribution in [0.5, 0.6) is 0 Å². The van der Waals surface area contributed by atoms with E-state index in [0.717, 1.165) is 27.6 Å². The summed E-state index contributed by atoms with van der Waals surface area (Å²) in [6.07, 6.45) is 0. The van der Waals surface area contributed by atoms with E-state index in [1.807, 2.05) is 78.9 Å². The molecular weight excluding hydrogens is 432 g/mol. The van der Waals surface area contributed by atoms with Gasteiger partial charge in [0.25, 0.3) is 5.91 Å². The van der Waals surface area contributed by atoms with Crippen molar-refractivity contribution in [1.29, 1.82) is 5.41 Å². The molecule has 1 heterocycles. The molecule has 1 atom stereocenters. The first-order chi connectivity index (χ1) is 16.1. The fourth-order valence-corrected chi connectivity index (χ4v) is 4.26. The number of rotatable bonds is 3. The first-order valence-corrected chi connectivity index (χ1v) is 11.0. The number of carbonyl (C=O) groups excluding carboxylic acids is 1. The Morgan fingerprint density at radius 3 is 2.39 bits per heavy atom. The van der Waals surface area contributed by atoms with E-state index in [4.69, 9.17) is 22.1 Å². The van der Waals surface area contributed by atoms with Crippen molar-refractivity contribution in [3.05, 3.63) is 119 Å². The smallest absolute Gasteiger partial charge is 0.258 e. The van der Waals surface area contributed by atoms with Gasteiger partial charge in [0.1, 0.15) is 0 Å². The summed E-state index contributed by atoms with van der Waals surface area (Å²) in [5.74, 6) is -0.428. The number of nitrogens with one attached hydrogen (secondary N) is 2. The number of hydrogen-bond donors (Lipinski definition) is 2. The minimum absolute atomic E-state index is 0.0396. The van der Waals surface area contributed by atoms with E-state index in [2.05, 4.69) is 17.4 Å². The average molecular weight is 453 g/mol. The summed E-state index contributed by atoms with van der Waals surface area (Å²) in [5, 5.41) is 20.0. The Bertz CT molecular complexity index is 1360. The molecule has 0 fully saturated rings. The van der Waals surface area contributed by atoms with E-state index in [0.29, 0.717) is 17.1 Å². The highest BCUT2D eigenvalue weighted by molar-refractivity contribution is 6.30. The van der Waals surface area contributed by atoms with Crippen LogP contribution in [0.2, 0.25) is 5.02 Å². The number of benzene rings is 4. The molecule has 0 saturated heterocycles. The van der Waals surface area contributed by atoms with Crippen LogP contribution in [0.15, 0.2) is 102 Å². The predicted octanol–water partition coefficient (Wildman–Crippen LogP) is 5.66. The lowest BCUT2D eigenvalue weighted by Crippen LogP contribution is -2.40. The molecule has 1 aliphatic rings. The maximum absolute atomic E-state index is 13.0. The van der Waals surface area contributed by atoms with Gasteiger partial charge in [-0.15, -0.1) is 0 Å². The van der Waals surface area contributed by atoms with Crippen LogP contribution in [0, 0.1) is 5.41 Å². The fraction of sp³-hybridized carbons (Fsp3) is 0.0741. The lowest BCUT2D eigenvalue weighted by atomic mass is 9.91. The molecule has 0 aromatic heterocycles. The lowest BCUT2D eigenvalue weighted by Gasteiger charge is -2.18. The summed E-state index contributed by atoms with van der Waals surface area (Å²) < 4.78 is 0. The van der Waals surface area contributed by atoms with Gasteiger partial charge in [-0.25, -0.2) is 5.01 Å². The zero-order valence-corrected chi connectivity index (χ0v) is 18.5. The van der Waals surface area contributed by atoms with Crippen molar-refractivity contribution in [3.8, 4) is 0 Å². The second kappa shape index (κ2) is 8.88. The van der Waals surface area contributed by atoms with E-state index < -0.39 is 0 Å². The third-order valence-corrected chi connectivity index (χ3v) is 6.03. The zero-order valence-electron chi connectivity index (χ0n) is 17.7. The minimum Gasteiger partial charge on any atom is -0.291 e. The van der Waals surface area contributed by atoms with Crippen LogP contribution in [0.3, 0.4) is 0 Å². The van der Waals surface area contributed by atoms with E-state index in [1.165, 1.54) is 0 Å². The van der Waals surface area contributed by atoms with Gasteiger partial charge < -0.3 is 0 Å². The van der Waals surface area contributed by atoms with Crippen molar-refractivity contribution >= 4 is 40.0 Å². The van der Waals surface area contributed by atoms with Crippen LogP contribution < -0.4 is 5.32 Å². The van der Waals surface area contributed by atoms with Gasteiger partial charge in [-0.1, -0.05) is 90.5 Å². The molecule has 5 rings (SSSR count). The van der Waals surface area contributed by atoms with Gasteiger partial charge in [-0.2, -0.15) is 5.10 Å². The number of hydrogen-bond acceptors (Lipinski definition) is 3. The molecule has 0 bridgehead atoms. The summed E-state index contributed by atoms with van der Waals surface area (Å²) in [7, 11) is 0. The second-order valence-corrected chi connectivity index (χ2v) is 8.30. The number of halogens is 1. The molecule has 0 spiro atoms. The number of guanidine groups is 1. The normalized spacial score (nSPS) is 15.4. The first kappa shape index (κ1) is 20.9. The molecule has 0 saturated carbocycles. The van der Waals surface area contributed by atoms with Crippen molar-refractivity contribution in [2.75, 3.05) is 6.54 Å². The Morgan fingerprint density at radius 2 is 1.61 bits per heavy atom. The minimum atomic E-state index is -0.330. The third-order valence-electron chi connectivity index (χ3n) is 5.78. The predicted molar refractivity (Wildman–Crippen MR) is 133 cm³/mol. The van der Waals surface area contributed by atoms with E-state index in [-0.39, 0.29) is 17.8 Å². The quantitative estimate of drug-likeness (QED) is 0.311. The number of carbonyl (C=O) groups is 1. The lowest BCUT2D eigenvalue weighted by molar-refractivity contribution is 0.0973. The van der Waals surface area contributed by atoms with E-state index >= 15 is 0 Å². The molecule has 1 unspecified atom stereocenters. The summed E-state index contributed by atoms with van der Waals surface area (Å²) in [6.45, 7) is 0.455. The number of amides is 1. The van der Waals surface area contributed by atoms with Crippen molar-refractivity contribution < 1.29 is 4.79 Å². The van der Waals surface area contributed by atoms with Gasteiger partial charge in [-0.3, -0.25) is 15.5 Å². The fourth-order valence-electron chi connectivity index (χ4n) is 4.13. The van der Waals surface area contributed by atoms with Gasteiger partial charge in [0.05, 0.1) is 12.3 Å². The van der Waals surface area contributed by atoms with Crippen LogP contribution in [-0.4, -0.2) is 29.1 Å². The van der Waals surface area contributed by atoms with Gasteiger partial charge in [0, 0.05) is 16.5 Å². The molecule has 1 aliphatic heterocycles. The van der Waals surface area contributed by atoms with Gasteiger partial charge >= 0.3 is 0 Å². The molecule has 33 heavy (non-hydrogen) atoms. The van der Waals surface area contributed by atoms with Crippen LogP contribution in [0.1, 0.15) is 27.4 Å². The maximum Gasteiger partial charge on any atom is 0.258 e. The van der Waals surface area contributed by atoms with Gasteiger partial charge in [0.2, 0.25) is 5.96 Å². The summed E-state index contributed by atoms with van der Waals surface area (Å²) in [5.41, 5.74) is 3.39. The highest BCUT2D eigenvalue weighted by Crippen LogP contribution is 2.29. The standard InChI is InChI=1S/C27H21ClN4O/c28-21-15-13-20(14-16-21)25-24(19-7-2-1-3-8-19)17-32(31-25)27(29)30-26(33)23-12-6-10-18-9-4-5-11-22(18)23/h1-16,24H,17H2,(H2,29,30,33). The van der Waals surface area contributed by atoms with Gasteiger partial charge in [0.15, 0.2) is 0 Å². The second-order valence-electron chi connectivity index (χ2n) is 7.87. The molecule has 162 valence electrons. The Morgan fingerprint density at radius 1 is 0.909 bits per heavy atom. The molecule has 4 aromatic carbocycles. The summed E-state index contributed by atoms with van der Waals surface area (Å²) >= 11 is 6.08. The highest BCUT2D eigenvalue weighted by atomic mass is 35.5. The largest absolute Gasteiger partial charge is 0.291 e. The molecule has 0 radical (unpaired) electrons. The molecule has 4 aromatic rings. The molecule has 0 aliphatic carbocycles. The summed E-state index contributed by atoms with van der Waals surface area (Å²) in [4.78, 5) is 13.0. The highest BCUT2D eigenvalue weighted by Gasteiger charge is 2.31. The Hall–Kier alpha value is -3.96.